The van der Waals surface area contributed by atoms with Crippen LogP contribution in [0.15, 0.2) is 24.3 Å². The molecular formula is C11H8ClF6NO3. The van der Waals surface area contributed by atoms with E-state index in [1.807, 2.05) is 0 Å². The third-order valence-corrected chi connectivity index (χ3v) is 3.26. The van der Waals surface area contributed by atoms with E-state index in [0.29, 0.717) is 0 Å². The maximum Gasteiger partial charge on any atom is 0.426 e. The molecule has 0 fully saturated rings. The average molecular weight is 352 g/mol. The van der Waals surface area contributed by atoms with Gasteiger partial charge >= 0.3 is 12.4 Å². The van der Waals surface area contributed by atoms with Gasteiger partial charge in [0.1, 0.15) is 0 Å². The Morgan fingerprint density at radius 2 is 1.68 bits per heavy atom. The normalized spacial score (nSPS) is 14.7. The van der Waals surface area contributed by atoms with E-state index in [9.17, 15) is 36.5 Å². The summed E-state index contributed by atoms with van der Waals surface area (Å²) >= 11 is 5.50. The molecule has 0 saturated heterocycles. The van der Waals surface area contributed by atoms with Gasteiger partial charge in [-0.2, -0.15) is 26.3 Å². The van der Waals surface area contributed by atoms with Gasteiger partial charge in [0.2, 0.25) is 0 Å². The summed E-state index contributed by atoms with van der Waals surface area (Å²) in [6.07, 6.45) is -13.9. The molecular weight excluding hydrogens is 344 g/mol. The molecule has 1 N–H and O–H groups in total. The predicted molar refractivity (Wildman–Crippen MR) is 63.4 cm³/mol. The summed E-state index contributed by atoms with van der Waals surface area (Å²) < 4.78 is 75.3. The van der Waals surface area contributed by atoms with Gasteiger partial charge in [-0.3, -0.25) is 10.1 Å². The molecule has 0 unspecified atom stereocenters. The number of benzene rings is 1. The van der Waals surface area contributed by atoms with Crippen molar-refractivity contribution in [2.45, 2.75) is 29.8 Å². The van der Waals surface area contributed by atoms with Crippen molar-refractivity contribution >= 4 is 17.3 Å². The van der Waals surface area contributed by atoms with Crippen LogP contribution in [0.3, 0.4) is 0 Å². The first-order valence-corrected chi connectivity index (χ1v) is 5.97. The molecule has 0 saturated carbocycles. The molecule has 0 spiro atoms. The van der Waals surface area contributed by atoms with E-state index >= 15 is 0 Å². The highest BCUT2D eigenvalue weighted by molar-refractivity contribution is 6.20. The average Bonchev–Trinajstić information content (AvgIpc) is 2.36. The molecule has 0 heterocycles. The van der Waals surface area contributed by atoms with Gasteiger partial charge in [0.15, 0.2) is 0 Å². The number of rotatable bonds is 4. The fourth-order valence-electron chi connectivity index (χ4n) is 1.60. The molecule has 0 aromatic heterocycles. The van der Waals surface area contributed by atoms with Crippen LogP contribution in [0.5, 0.6) is 0 Å². The number of halogens is 7. The van der Waals surface area contributed by atoms with Crippen molar-refractivity contribution < 1.29 is 36.4 Å². The van der Waals surface area contributed by atoms with Crippen LogP contribution >= 0.6 is 11.6 Å². The van der Waals surface area contributed by atoms with E-state index in [0.717, 1.165) is 24.3 Å². The molecule has 0 bridgehead atoms. The molecule has 11 heteroatoms. The Bertz CT molecular complexity index is 545. The van der Waals surface area contributed by atoms with Crippen LogP contribution in [0.25, 0.3) is 0 Å². The SMILES string of the molecule is O=[N+]([O-])c1cccc([C@H](Cl)CC(O)(C(F)(F)F)C(F)(F)F)c1. The van der Waals surface area contributed by atoms with Crippen LogP contribution in [0, 0.1) is 10.1 Å². The van der Waals surface area contributed by atoms with E-state index in [1.54, 1.807) is 0 Å². The third kappa shape index (κ3) is 3.61. The van der Waals surface area contributed by atoms with Gasteiger partial charge in [-0.1, -0.05) is 12.1 Å². The first-order valence-electron chi connectivity index (χ1n) is 5.54. The van der Waals surface area contributed by atoms with Crippen molar-refractivity contribution in [1.82, 2.24) is 0 Å². The number of alkyl halides is 7. The second-order valence-electron chi connectivity index (χ2n) is 4.38. The molecule has 124 valence electrons. The van der Waals surface area contributed by atoms with Crippen molar-refractivity contribution in [2.75, 3.05) is 0 Å². The smallest absolute Gasteiger partial charge is 0.374 e. The number of hydrogen-bond acceptors (Lipinski definition) is 3. The maximum absolute atomic E-state index is 12.5. The van der Waals surface area contributed by atoms with E-state index in [1.165, 1.54) is 0 Å². The quantitative estimate of drug-likeness (QED) is 0.384. The van der Waals surface area contributed by atoms with Gasteiger partial charge in [0, 0.05) is 18.6 Å². The standard InChI is InChI=1S/C11H8ClF6NO3/c12-8(6-2-1-3-7(4-6)19(21)22)5-9(20,10(13,14)15)11(16,17)18/h1-4,8,20H,5H2/t8-/m1/s1. The molecule has 0 aliphatic carbocycles. The highest BCUT2D eigenvalue weighted by atomic mass is 35.5. The lowest BCUT2D eigenvalue weighted by Gasteiger charge is -2.33. The van der Waals surface area contributed by atoms with Crippen molar-refractivity contribution in [3.63, 3.8) is 0 Å². The fraction of sp³-hybridized carbons (Fsp3) is 0.455. The molecule has 4 nitrogen and oxygen atoms in total. The second-order valence-corrected chi connectivity index (χ2v) is 4.91. The molecule has 1 rings (SSSR count). The van der Waals surface area contributed by atoms with Crippen LogP contribution in [-0.2, 0) is 0 Å². The molecule has 22 heavy (non-hydrogen) atoms. The van der Waals surface area contributed by atoms with Gasteiger partial charge in [-0.05, 0) is 5.56 Å². The first kappa shape index (κ1) is 18.5. The van der Waals surface area contributed by atoms with Crippen LogP contribution in [0.1, 0.15) is 17.4 Å². The molecule has 0 aliphatic rings. The van der Waals surface area contributed by atoms with Crippen LogP contribution < -0.4 is 0 Å². The lowest BCUT2D eigenvalue weighted by atomic mass is 9.93. The van der Waals surface area contributed by atoms with Crippen LogP contribution in [-0.4, -0.2) is 28.0 Å². The number of nitro groups is 1. The Morgan fingerprint density at radius 1 is 1.18 bits per heavy atom. The van der Waals surface area contributed by atoms with Crippen LogP contribution in [0.4, 0.5) is 32.0 Å². The minimum absolute atomic E-state index is 0.345. The second kappa shape index (κ2) is 5.92. The summed E-state index contributed by atoms with van der Waals surface area (Å²) in [6, 6.07) is 3.82. The number of non-ortho nitro benzene ring substituents is 1. The highest BCUT2D eigenvalue weighted by Crippen LogP contribution is 2.49. The van der Waals surface area contributed by atoms with Crippen molar-refractivity contribution in [1.29, 1.82) is 0 Å². The Kier molecular flexibility index (Phi) is 4.98. The zero-order valence-electron chi connectivity index (χ0n) is 10.5. The van der Waals surface area contributed by atoms with Gasteiger partial charge in [0.05, 0.1) is 10.3 Å². The van der Waals surface area contributed by atoms with E-state index in [-0.39, 0.29) is 5.56 Å². The summed E-state index contributed by atoms with van der Waals surface area (Å²) in [5, 5.41) is 17.6. The van der Waals surface area contributed by atoms with Crippen LogP contribution in [0.2, 0.25) is 0 Å². The third-order valence-electron chi connectivity index (χ3n) is 2.86. The van der Waals surface area contributed by atoms with Crippen molar-refractivity contribution in [2.24, 2.45) is 0 Å². The Hall–Kier alpha value is -1.55. The molecule has 1 aromatic rings. The maximum atomic E-state index is 12.5. The summed E-state index contributed by atoms with van der Waals surface area (Å²) in [5.41, 5.74) is -5.91. The van der Waals surface area contributed by atoms with E-state index < -0.39 is 40.4 Å². The Balaban J connectivity index is 3.15. The first-order chi connectivity index (χ1) is 9.79. The molecule has 1 atom stereocenters. The monoisotopic (exact) mass is 351 g/mol. The van der Waals surface area contributed by atoms with E-state index in [2.05, 4.69) is 0 Å². The zero-order valence-corrected chi connectivity index (χ0v) is 11.2. The summed E-state index contributed by atoms with van der Waals surface area (Å²) in [5.74, 6) is 0. The van der Waals surface area contributed by atoms with Gasteiger partial charge in [-0.25, -0.2) is 0 Å². The number of hydrogen-bond donors (Lipinski definition) is 1. The van der Waals surface area contributed by atoms with Gasteiger partial charge < -0.3 is 5.11 Å². The number of nitrogens with zero attached hydrogens (tertiary/aromatic N) is 1. The lowest BCUT2D eigenvalue weighted by Crippen LogP contribution is -2.57. The number of nitro benzene ring substituents is 1. The lowest BCUT2D eigenvalue weighted by molar-refractivity contribution is -0.384. The highest BCUT2D eigenvalue weighted by Gasteiger charge is 2.70. The van der Waals surface area contributed by atoms with Gasteiger partial charge in [0.25, 0.3) is 11.3 Å². The Morgan fingerprint density at radius 3 is 2.09 bits per heavy atom. The molecule has 0 aliphatic heterocycles. The number of aliphatic hydroxyl groups is 1. The van der Waals surface area contributed by atoms with E-state index in [4.69, 9.17) is 16.7 Å². The summed E-state index contributed by atoms with van der Waals surface area (Å²) in [6.45, 7) is 0. The van der Waals surface area contributed by atoms with Crippen molar-refractivity contribution in [3.8, 4) is 0 Å². The predicted octanol–water partition coefficient (Wildman–Crippen LogP) is 4.12. The fourth-order valence-corrected chi connectivity index (χ4v) is 1.96. The van der Waals surface area contributed by atoms with Gasteiger partial charge in [-0.15, -0.1) is 11.6 Å². The molecule has 1 aromatic carbocycles. The molecule has 0 amide bonds. The zero-order chi connectivity index (χ0) is 17.3. The summed E-state index contributed by atoms with van der Waals surface area (Å²) in [4.78, 5) is 9.65. The summed E-state index contributed by atoms with van der Waals surface area (Å²) in [7, 11) is 0. The minimum Gasteiger partial charge on any atom is -0.374 e. The topological polar surface area (TPSA) is 63.4 Å². The van der Waals surface area contributed by atoms with Crippen molar-refractivity contribution in [3.05, 3.63) is 39.9 Å². The minimum atomic E-state index is -6.00. The largest absolute Gasteiger partial charge is 0.426 e. The molecule has 0 radical (unpaired) electrons. The Labute approximate surface area is 124 Å².